The number of rotatable bonds is 8. The van der Waals surface area contributed by atoms with Crippen molar-refractivity contribution in [2.45, 2.75) is 32.9 Å². The predicted molar refractivity (Wildman–Crippen MR) is 131 cm³/mol. The fourth-order valence-electron chi connectivity index (χ4n) is 4.21. The lowest BCUT2D eigenvalue weighted by molar-refractivity contribution is 0.0173. The number of sulfonamides is 1. The van der Waals surface area contributed by atoms with Crippen LogP contribution < -0.4 is 5.32 Å². The van der Waals surface area contributed by atoms with Gasteiger partial charge < -0.3 is 15.0 Å². The lowest BCUT2D eigenvalue weighted by Crippen LogP contribution is -2.62. The number of ether oxygens (including phenoxy) is 1. The molecular formula is C19H39IN6O3S. The standard InChI is InChI=1S/C19H38N6O3S.HI/c1-4-20-19(21-15-18-16-22-5-7-23(18)8-6-22)24-9-11-25(12-10-24)29(26,27)14-13-28-17(2)3;/h17-18H,4-16H2,1-3H3,(H,20,21);1H. The molecule has 4 saturated heterocycles. The van der Waals surface area contributed by atoms with E-state index in [1.54, 1.807) is 4.31 Å². The molecule has 0 aromatic carbocycles. The lowest BCUT2D eigenvalue weighted by atomic mass is 10.1. The zero-order chi connectivity index (χ0) is 20.9. The summed E-state index contributed by atoms with van der Waals surface area (Å²) >= 11 is 0. The molecule has 0 aromatic rings. The number of nitrogens with one attached hydrogen (secondary N) is 1. The third-order valence-corrected chi connectivity index (χ3v) is 7.74. The number of hydrogen-bond acceptors (Lipinski definition) is 6. The minimum absolute atomic E-state index is 0. The Morgan fingerprint density at radius 3 is 2.30 bits per heavy atom. The van der Waals surface area contributed by atoms with E-state index in [-0.39, 0.29) is 42.4 Å². The largest absolute Gasteiger partial charge is 0.378 e. The van der Waals surface area contributed by atoms with Crippen LogP contribution in [0.2, 0.25) is 0 Å². The van der Waals surface area contributed by atoms with E-state index in [0.29, 0.717) is 32.2 Å². The van der Waals surface area contributed by atoms with Crippen LogP contribution in [0.1, 0.15) is 20.8 Å². The van der Waals surface area contributed by atoms with Crippen molar-refractivity contribution in [1.29, 1.82) is 0 Å². The average molecular weight is 559 g/mol. The highest BCUT2D eigenvalue weighted by Crippen LogP contribution is 2.16. The quantitative estimate of drug-likeness (QED) is 0.254. The first-order chi connectivity index (χ1) is 13.9. The third-order valence-electron chi connectivity index (χ3n) is 5.90. The number of nitrogens with zero attached hydrogens (tertiary/aromatic N) is 5. The van der Waals surface area contributed by atoms with Crippen molar-refractivity contribution < 1.29 is 13.2 Å². The van der Waals surface area contributed by atoms with Gasteiger partial charge in [-0.25, -0.2) is 8.42 Å². The summed E-state index contributed by atoms with van der Waals surface area (Å²) < 4.78 is 32.1. The van der Waals surface area contributed by atoms with Gasteiger partial charge in [0.2, 0.25) is 10.0 Å². The minimum Gasteiger partial charge on any atom is -0.378 e. The highest BCUT2D eigenvalue weighted by atomic mass is 127. The molecule has 0 saturated carbocycles. The van der Waals surface area contributed by atoms with Crippen LogP contribution >= 0.6 is 24.0 Å². The highest BCUT2D eigenvalue weighted by molar-refractivity contribution is 14.0. The minimum atomic E-state index is -3.27. The SMILES string of the molecule is CCNC(=NCC1CN2CCN1CC2)N1CCN(S(=O)(=O)CCOC(C)C)CC1.I. The van der Waals surface area contributed by atoms with E-state index in [1.807, 2.05) is 13.8 Å². The molecule has 0 spiro atoms. The van der Waals surface area contributed by atoms with Crippen molar-refractivity contribution in [1.82, 2.24) is 24.3 Å². The van der Waals surface area contributed by atoms with E-state index in [2.05, 4.69) is 26.9 Å². The molecule has 1 N–H and O–H groups in total. The van der Waals surface area contributed by atoms with Crippen LogP contribution in [0, 0.1) is 0 Å². The topological polar surface area (TPSA) is 80.7 Å². The molecule has 2 bridgehead atoms. The van der Waals surface area contributed by atoms with Crippen LogP contribution in [0.15, 0.2) is 4.99 Å². The smallest absolute Gasteiger partial charge is 0.216 e. The Balaban J connectivity index is 0.00000320. The fraction of sp³-hybridized carbons (Fsp3) is 0.947. The van der Waals surface area contributed by atoms with Crippen LogP contribution in [0.4, 0.5) is 0 Å². The van der Waals surface area contributed by atoms with Crippen molar-refractivity contribution in [2.24, 2.45) is 4.99 Å². The molecule has 0 aliphatic carbocycles. The third kappa shape index (κ3) is 7.16. The number of hydrogen-bond donors (Lipinski definition) is 1. The Morgan fingerprint density at radius 1 is 1.10 bits per heavy atom. The average Bonchev–Trinajstić information content (AvgIpc) is 2.72. The first-order valence-electron chi connectivity index (χ1n) is 11.0. The number of piperazine rings is 4. The monoisotopic (exact) mass is 558 g/mol. The van der Waals surface area contributed by atoms with Gasteiger partial charge in [-0.3, -0.25) is 14.8 Å². The fourth-order valence-corrected chi connectivity index (χ4v) is 5.50. The van der Waals surface area contributed by atoms with E-state index in [4.69, 9.17) is 9.73 Å². The Morgan fingerprint density at radius 2 is 1.77 bits per heavy atom. The van der Waals surface area contributed by atoms with Crippen molar-refractivity contribution in [3.05, 3.63) is 0 Å². The van der Waals surface area contributed by atoms with E-state index in [1.165, 1.54) is 13.1 Å². The van der Waals surface area contributed by atoms with Crippen LogP contribution in [0.5, 0.6) is 0 Å². The van der Waals surface area contributed by atoms with Crippen molar-refractivity contribution in [2.75, 3.05) is 84.4 Å². The second-order valence-corrected chi connectivity index (χ2v) is 10.4. The first kappa shape index (κ1) is 26.0. The Hall–Kier alpha value is -0.210. The molecule has 4 aliphatic rings. The van der Waals surface area contributed by atoms with E-state index >= 15 is 0 Å². The maximum atomic E-state index is 12.5. The molecule has 11 heteroatoms. The van der Waals surface area contributed by atoms with E-state index in [9.17, 15) is 8.42 Å². The van der Waals surface area contributed by atoms with Crippen LogP contribution in [0.25, 0.3) is 0 Å². The molecule has 0 aromatic heterocycles. The second kappa shape index (κ2) is 12.1. The van der Waals surface area contributed by atoms with Gasteiger partial charge in [-0.2, -0.15) is 4.31 Å². The molecule has 9 nitrogen and oxygen atoms in total. The summed E-state index contributed by atoms with van der Waals surface area (Å²) in [6.45, 7) is 15.8. The maximum absolute atomic E-state index is 12.5. The van der Waals surface area contributed by atoms with Crippen molar-refractivity contribution in [3.8, 4) is 0 Å². The van der Waals surface area contributed by atoms with Gasteiger partial charge in [0, 0.05) is 71.5 Å². The van der Waals surface area contributed by atoms with Gasteiger partial charge in [0.1, 0.15) is 0 Å². The lowest BCUT2D eigenvalue weighted by Gasteiger charge is -2.47. The molecular weight excluding hydrogens is 519 g/mol. The predicted octanol–water partition coefficient (Wildman–Crippen LogP) is -0.0579. The zero-order valence-corrected chi connectivity index (χ0v) is 21.8. The molecule has 4 heterocycles. The van der Waals surface area contributed by atoms with Gasteiger partial charge in [-0.1, -0.05) is 0 Å². The number of halogens is 1. The van der Waals surface area contributed by atoms with Gasteiger partial charge in [0.05, 0.1) is 25.0 Å². The summed E-state index contributed by atoms with van der Waals surface area (Å²) in [6.07, 6.45) is 0.0495. The normalized spacial score (nSPS) is 27.9. The molecule has 4 aliphatic heterocycles. The van der Waals surface area contributed by atoms with Gasteiger partial charge in [0.15, 0.2) is 5.96 Å². The molecule has 4 fully saturated rings. The maximum Gasteiger partial charge on any atom is 0.216 e. The number of guanidine groups is 1. The van der Waals surface area contributed by atoms with Gasteiger partial charge in [-0.15, -0.1) is 24.0 Å². The van der Waals surface area contributed by atoms with Gasteiger partial charge >= 0.3 is 0 Å². The number of aliphatic imine (C=N–C) groups is 1. The molecule has 1 atom stereocenters. The second-order valence-electron chi connectivity index (χ2n) is 8.31. The Kier molecular flexibility index (Phi) is 10.5. The van der Waals surface area contributed by atoms with Crippen LogP contribution in [-0.4, -0.2) is 130 Å². The Bertz CT molecular complexity index is 647. The molecule has 0 radical (unpaired) electrons. The molecule has 4 rings (SSSR count). The summed E-state index contributed by atoms with van der Waals surface area (Å²) in [5.41, 5.74) is 0. The van der Waals surface area contributed by atoms with E-state index < -0.39 is 10.0 Å². The summed E-state index contributed by atoms with van der Waals surface area (Å²) in [6, 6.07) is 0.494. The summed E-state index contributed by atoms with van der Waals surface area (Å²) in [7, 11) is -3.27. The molecule has 176 valence electrons. The number of fused-ring (bicyclic) bond motifs is 3. The van der Waals surface area contributed by atoms with Crippen LogP contribution in [-0.2, 0) is 14.8 Å². The van der Waals surface area contributed by atoms with Gasteiger partial charge in [0.25, 0.3) is 0 Å². The van der Waals surface area contributed by atoms with Crippen LogP contribution in [0.3, 0.4) is 0 Å². The molecule has 30 heavy (non-hydrogen) atoms. The first-order valence-corrected chi connectivity index (χ1v) is 12.6. The highest BCUT2D eigenvalue weighted by Gasteiger charge is 2.32. The Labute approximate surface area is 199 Å². The summed E-state index contributed by atoms with van der Waals surface area (Å²) in [4.78, 5) is 12.2. The molecule has 1 unspecified atom stereocenters. The summed E-state index contributed by atoms with van der Waals surface area (Å²) in [5, 5.41) is 3.39. The zero-order valence-electron chi connectivity index (χ0n) is 18.6. The summed E-state index contributed by atoms with van der Waals surface area (Å²) in [5.74, 6) is 0.957. The molecule has 0 amide bonds. The van der Waals surface area contributed by atoms with Crippen molar-refractivity contribution in [3.63, 3.8) is 0 Å². The van der Waals surface area contributed by atoms with Crippen molar-refractivity contribution >= 4 is 40.0 Å². The van der Waals surface area contributed by atoms with E-state index in [0.717, 1.165) is 38.7 Å². The van der Waals surface area contributed by atoms with Gasteiger partial charge in [-0.05, 0) is 20.8 Å².